The van der Waals surface area contributed by atoms with Crippen LogP contribution in [0.25, 0.3) is 17.3 Å². The molecule has 2 N–H and O–H groups in total. The molecule has 2 aromatic rings. The van der Waals surface area contributed by atoms with Gasteiger partial charge in [0, 0.05) is 37.0 Å². The molecule has 1 aromatic heterocycles. The van der Waals surface area contributed by atoms with E-state index in [1.54, 1.807) is 0 Å². The van der Waals surface area contributed by atoms with E-state index < -0.39 is 40.4 Å². The zero-order valence-corrected chi connectivity index (χ0v) is 22.5. The molecule has 180 valence electrons. The second-order valence-electron chi connectivity index (χ2n) is 7.96. The Morgan fingerprint density at radius 2 is 1.79 bits per heavy atom. The van der Waals surface area contributed by atoms with E-state index in [2.05, 4.69) is 9.97 Å². The van der Waals surface area contributed by atoms with Gasteiger partial charge in [0.05, 0.1) is 29.9 Å². The van der Waals surface area contributed by atoms with Crippen molar-refractivity contribution in [2.45, 2.75) is 44.8 Å². The van der Waals surface area contributed by atoms with Crippen LogP contribution in [0.4, 0.5) is 10.3 Å². The second-order valence-corrected chi connectivity index (χ2v) is 9.97. The quantitative estimate of drug-likeness (QED) is 0.436. The van der Waals surface area contributed by atoms with Gasteiger partial charge in [-0.3, -0.25) is 0 Å². The number of carboxylic acids is 1. The van der Waals surface area contributed by atoms with Gasteiger partial charge in [-0.05, 0) is 30.2 Å². The number of rotatable bonds is 10. The first-order chi connectivity index (χ1) is 15.3. The number of halogens is 1. The SMILES string of the molecule is CC(C)c1nc(N(C)S(C)(=O)=O)nc(-c2ccc(F)cc2)c1/C=C/C(O)CC(O)CC(=O)[O-].[Ca+2]. The van der Waals surface area contributed by atoms with Gasteiger partial charge in [0.1, 0.15) is 5.82 Å². The molecule has 0 amide bonds. The van der Waals surface area contributed by atoms with E-state index in [4.69, 9.17) is 0 Å². The molecular weight excluding hydrogens is 493 g/mol. The Hall–Kier alpha value is -1.63. The molecule has 1 heterocycles. The summed E-state index contributed by atoms with van der Waals surface area (Å²) in [5.41, 5.74) is 1.76. The molecule has 0 aliphatic rings. The second kappa shape index (κ2) is 12.9. The van der Waals surface area contributed by atoms with Crippen LogP contribution in [0.5, 0.6) is 0 Å². The molecule has 0 fully saturated rings. The summed E-state index contributed by atoms with van der Waals surface area (Å²) in [5, 5.41) is 30.6. The molecule has 2 rings (SSSR count). The number of carbonyl (C=O) groups is 1. The average molecular weight is 521 g/mol. The maximum atomic E-state index is 13.5. The topological polar surface area (TPSA) is 144 Å². The zero-order valence-electron chi connectivity index (χ0n) is 19.5. The predicted octanol–water partition coefficient (Wildman–Crippen LogP) is 0.686. The first kappa shape index (κ1) is 30.4. The van der Waals surface area contributed by atoms with Crippen molar-refractivity contribution in [1.29, 1.82) is 0 Å². The van der Waals surface area contributed by atoms with Crippen LogP contribution in [0.2, 0.25) is 0 Å². The summed E-state index contributed by atoms with van der Waals surface area (Å²) >= 11 is 0. The summed E-state index contributed by atoms with van der Waals surface area (Å²) < 4.78 is 38.6. The fraction of sp³-hybridized carbons (Fsp3) is 0.409. The fourth-order valence-electron chi connectivity index (χ4n) is 3.04. The average Bonchev–Trinajstić information content (AvgIpc) is 2.70. The van der Waals surface area contributed by atoms with E-state index in [1.807, 2.05) is 13.8 Å². The summed E-state index contributed by atoms with van der Waals surface area (Å²) in [6.45, 7) is 3.69. The Morgan fingerprint density at radius 1 is 1.21 bits per heavy atom. The molecule has 0 aliphatic carbocycles. The Labute approximate surface area is 228 Å². The summed E-state index contributed by atoms with van der Waals surface area (Å²) in [6, 6.07) is 5.46. The molecule has 0 aliphatic heterocycles. The number of nitrogens with zero attached hydrogens (tertiary/aromatic N) is 3. The molecule has 0 spiro atoms. The third-order valence-corrected chi connectivity index (χ3v) is 5.97. The van der Waals surface area contributed by atoms with Crippen molar-refractivity contribution in [3.8, 4) is 11.3 Å². The third kappa shape index (κ3) is 8.54. The summed E-state index contributed by atoms with van der Waals surface area (Å²) in [6.07, 6.45) is 0.578. The molecule has 0 saturated carbocycles. The Balaban J connectivity index is 0.00000578. The summed E-state index contributed by atoms with van der Waals surface area (Å²) in [5.74, 6) is -2.14. The number of hydrogen-bond donors (Lipinski definition) is 2. The largest absolute Gasteiger partial charge is 2.00 e. The Kier molecular flexibility index (Phi) is 11.5. The monoisotopic (exact) mass is 520 g/mol. The minimum Gasteiger partial charge on any atom is -0.550 e. The standard InChI is InChI=1S/C22H28FN3O6S.Ca/c1-13(2)20-18(10-9-16(27)11-17(28)12-19(29)30)21(14-5-7-15(23)8-6-14)25-22(24-20)26(3)33(4,31)32;/h5-10,13,16-17,27-28H,11-12H2,1-4H3,(H,29,30);/q;+2/p-1/b10-9+;. The van der Waals surface area contributed by atoms with Crippen LogP contribution in [-0.4, -0.2) is 97.8 Å². The van der Waals surface area contributed by atoms with Crippen LogP contribution in [0, 0.1) is 5.82 Å². The van der Waals surface area contributed by atoms with Crippen LogP contribution < -0.4 is 9.41 Å². The van der Waals surface area contributed by atoms with Crippen molar-refractivity contribution in [3.05, 3.63) is 47.4 Å². The van der Waals surface area contributed by atoms with Gasteiger partial charge in [0.15, 0.2) is 0 Å². The number of aliphatic hydroxyl groups excluding tert-OH is 2. The van der Waals surface area contributed by atoms with Crippen molar-refractivity contribution in [3.63, 3.8) is 0 Å². The van der Waals surface area contributed by atoms with E-state index >= 15 is 0 Å². The minimum atomic E-state index is -3.66. The van der Waals surface area contributed by atoms with Crippen molar-refractivity contribution in [1.82, 2.24) is 9.97 Å². The smallest absolute Gasteiger partial charge is 0.550 e. The first-order valence-corrected chi connectivity index (χ1v) is 12.0. The molecule has 2 atom stereocenters. The van der Waals surface area contributed by atoms with Crippen molar-refractivity contribution in [2.24, 2.45) is 0 Å². The zero-order chi connectivity index (χ0) is 24.9. The van der Waals surface area contributed by atoms with Crippen molar-refractivity contribution >= 4 is 65.8 Å². The maximum Gasteiger partial charge on any atom is 2.00 e. The van der Waals surface area contributed by atoms with Gasteiger partial charge >= 0.3 is 37.7 Å². The first-order valence-electron chi connectivity index (χ1n) is 10.2. The number of hydrogen-bond acceptors (Lipinski definition) is 8. The van der Waals surface area contributed by atoms with Gasteiger partial charge < -0.3 is 20.1 Å². The number of carboxylic acid groups (broad SMARTS) is 1. The molecule has 34 heavy (non-hydrogen) atoms. The van der Waals surface area contributed by atoms with Crippen LogP contribution in [-0.2, 0) is 14.8 Å². The van der Waals surface area contributed by atoms with E-state index in [9.17, 15) is 32.9 Å². The number of benzene rings is 1. The molecule has 0 radical (unpaired) electrons. The van der Waals surface area contributed by atoms with Gasteiger partial charge in [-0.15, -0.1) is 0 Å². The minimum absolute atomic E-state index is 0. The number of anilines is 1. The Bertz CT molecular complexity index is 1130. The van der Waals surface area contributed by atoms with Gasteiger partial charge in [-0.2, -0.15) is 0 Å². The van der Waals surface area contributed by atoms with E-state index in [1.165, 1.54) is 43.5 Å². The maximum absolute atomic E-state index is 13.5. The van der Waals surface area contributed by atoms with Crippen molar-refractivity contribution in [2.75, 3.05) is 17.6 Å². The predicted molar refractivity (Wildman–Crippen MR) is 126 cm³/mol. The number of aliphatic hydroxyl groups is 2. The van der Waals surface area contributed by atoms with Gasteiger partial charge in [0.2, 0.25) is 16.0 Å². The number of carbonyl (C=O) groups excluding carboxylic acids is 1. The number of aromatic nitrogens is 2. The van der Waals surface area contributed by atoms with Gasteiger partial charge in [-0.25, -0.2) is 27.1 Å². The summed E-state index contributed by atoms with van der Waals surface area (Å²) in [4.78, 5) is 19.4. The normalized spacial score (nSPS) is 13.5. The third-order valence-electron chi connectivity index (χ3n) is 4.81. The summed E-state index contributed by atoms with van der Waals surface area (Å²) in [7, 11) is -2.34. The van der Waals surface area contributed by atoms with Crippen LogP contribution in [0.3, 0.4) is 0 Å². The van der Waals surface area contributed by atoms with Crippen LogP contribution in [0.1, 0.15) is 43.9 Å². The van der Waals surface area contributed by atoms with Crippen LogP contribution >= 0.6 is 0 Å². The number of aliphatic carboxylic acids is 1. The molecule has 0 bridgehead atoms. The number of sulfonamides is 1. The molecule has 1 aromatic carbocycles. The molecule has 2 unspecified atom stereocenters. The molecule has 0 saturated heterocycles. The van der Waals surface area contributed by atoms with Gasteiger partial charge in [-0.1, -0.05) is 26.0 Å². The fourth-order valence-corrected chi connectivity index (χ4v) is 3.41. The molecule has 9 nitrogen and oxygen atoms in total. The van der Waals surface area contributed by atoms with Gasteiger partial charge in [0.25, 0.3) is 0 Å². The van der Waals surface area contributed by atoms with E-state index in [0.29, 0.717) is 22.5 Å². The van der Waals surface area contributed by atoms with Crippen LogP contribution in [0.15, 0.2) is 30.3 Å². The molecular formula is C22H27CaFN3O6S+. The van der Waals surface area contributed by atoms with E-state index in [-0.39, 0.29) is 56.0 Å². The van der Waals surface area contributed by atoms with E-state index in [0.717, 1.165) is 10.6 Å². The van der Waals surface area contributed by atoms with Crippen molar-refractivity contribution < 1.29 is 32.9 Å². The Morgan fingerprint density at radius 3 is 2.29 bits per heavy atom. The molecule has 12 heteroatoms.